The average Bonchev–Trinajstić information content (AvgIpc) is 3.20. The summed E-state index contributed by atoms with van der Waals surface area (Å²) in [7, 11) is -3.88. The van der Waals surface area contributed by atoms with Gasteiger partial charge < -0.3 is 4.90 Å². The normalized spacial score (nSPS) is 18.1. The molecule has 168 valence electrons. The number of thioether (sulfide) groups is 1. The van der Waals surface area contributed by atoms with Crippen LogP contribution >= 0.6 is 11.8 Å². The van der Waals surface area contributed by atoms with Gasteiger partial charge >= 0.3 is 0 Å². The molecule has 1 N–H and O–H groups in total. The first-order chi connectivity index (χ1) is 14.6. The van der Waals surface area contributed by atoms with Crippen molar-refractivity contribution in [3.05, 3.63) is 48.6 Å². The highest BCUT2D eigenvalue weighted by Crippen LogP contribution is 2.29. The Morgan fingerprint density at radius 1 is 1.26 bits per heavy atom. The molecule has 0 aromatic heterocycles. The van der Waals surface area contributed by atoms with Crippen molar-refractivity contribution in [1.29, 1.82) is 0 Å². The van der Waals surface area contributed by atoms with Crippen LogP contribution in [-0.4, -0.2) is 59.6 Å². The number of likely N-dealkylation sites (tertiary alicyclic amines) is 1. The first-order valence-electron chi connectivity index (χ1n) is 9.79. The number of amides is 2. The second-order valence-corrected chi connectivity index (χ2v) is 10.4. The molecule has 1 saturated heterocycles. The molecule has 1 aromatic rings. The van der Waals surface area contributed by atoms with E-state index in [1.165, 1.54) is 11.8 Å². The van der Waals surface area contributed by atoms with E-state index in [1.54, 1.807) is 37.3 Å². The highest BCUT2D eigenvalue weighted by atomic mass is 32.2. The largest absolute Gasteiger partial charge is 0.330 e. The van der Waals surface area contributed by atoms with E-state index in [0.29, 0.717) is 18.4 Å². The van der Waals surface area contributed by atoms with E-state index in [1.807, 2.05) is 4.72 Å². The lowest BCUT2D eigenvalue weighted by atomic mass is 9.97. The molecular weight excluding hydrogens is 440 g/mol. The number of Topliss-reactive ketones (excluding diaryl/α,β-unsaturated/α-hetero) is 1. The molecule has 0 radical (unpaired) electrons. The minimum absolute atomic E-state index is 0.264. The third kappa shape index (κ3) is 6.51. The molecule has 3 atom stereocenters. The summed E-state index contributed by atoms with van der Waals surface area (Å²) in [6, 6.07) is 7.42. The summed E-state index contributed by atoms with van der Waals surface area (Å²) < 4.78 is 25.8. The quantitative estimate of drug-likeness (QED) is 0.435. The Hall–Kier alpha value is -2.46. The molecule has 1 fully saturated rings. The minimum Gasteiger partial charge on any atom is -0.330 e. The summed E-state index contributed by atoms with van der Waals surface area (Å²) in [6.45, 7) is 6.48. The van der Waals surface area contributed by atoms with Gasteiger partial charge in [-0.3, -0.25) is 23.9 Å². The Balaban J connectivity index is 2.22. The maximum absolute atomic E-state index is 13.2. The molecule has 2 amide bonds. The van der Waals surface area contributed by atoms with Gasteiger partial charge in [-0.2, -0.15) is 0 Å². The fourth-order valence-electron chi connectivity index (χ4n) is 3.44. The molecule has 1 aliphatic rings. The monoisotopic (exact) mass is 466 g/mol. The average molecular weight is 467 g/mol. The summed E-state index contributed by atoms with van der Waals surface area (Å²) in [4.78, 5) is 51.8. The van der Waals surface area contributed by atoms with Crippen molar-refractivity contribution in [3.63, 3.8) is 0 Å². The Morgan fingerprint density at radius 2 is 1.90 bits per heavy atom. The summed E-state index contributed by atoms with van der Waals surface area (Å²) >= 11 is 0.781. The molecule has 1 aromatic carbocycles. The van der Waals surface area contributed by atoms with Crippen LogP contribution in [0.15, 0.2) is 43.0 Å². The zero-order valence-electron chi connectivity index (χ0n) is 17.4. The van der Waals surface area contributed by atoms with Gasteiger partial charge in [-0.25, -0.2) is 8.42 Å². The van der Waals surface area contributed by atoms with Crippen molar-refractivity contribution in [3.8, 4) is 0 Å². The van der Waals surface area contributed by atoms with Crippen LogP contribution in [0, 0.1) is 5.92 Å². The number of benzene rings is 1. The molecule has 2 rings (SSSR count). The number of rotatable bonds is 9. The molecule has 0 aliphatic carbocycles. The summed E-state index contributed by atoms with van der Waals surface area (Å²) in [5, 5.41) is -1.26. The topological polar surface area (TPSA) is 118 Å². The molecule has 0 bridgehead atoms. The van der Waals surface area contributed by atoms with Crippen molar-refractivity contribution in [2.24, 2.45) is 5.92 Å². The van der Waals surface area contributed by atoms with Crippen molar-refractivity contribution >= 4 is 44.5 Å². The van der Waals surface area contributed by atoms with E-state index in [4.69, 9.17) is 0 Å². The van der Waals surface area contributed by atoms with Gasteiger partial charge in [0.15, 0.2) is 10.9 Å². The molecule has 1 heterocycles. The van der Waals surface area contributed by atoms with Crippen molar-refractivity contribution in [2.45, 2.75) is 38.0 Å². The van der Waals surface area contributed by atoms with Crippen LogP contribution in [0.4, 0.5) is 0 Å². The molecule has 0 spiro atoms. The number of hydrogen-bond acceptors (Lipinski definition) is 7. The molecule has 0 saturated carbocycles. The van der Waals surface area contributed by atoms with Crippen LogP contribution in [-0.2, 0) is 24.4 Å². The van der Waals surface area contributed by atoms with E-state index in [0.717, 1.165) is 17.8 Å². The van der Waals surface area contributed by atoms with Crippen molar-refractivity contribution in [1.82, 2.24) is 9.62 Å². The van der Waals surface area contributed by atoms with E-state index in [2.05, 4.69) is 6.58 Å². The molecule has 31 heavy (non-hydrogen) atoms. The lowest BCUT2D eigenvalue weighted by molar-refractivity contribution is -0.140. The number of nitrogens with zero attached hydrogens (tertiary/aromatic N) is 1. The third-order valence-electron chi connectivity index (χ3n) is 4.89. The smallest absolute Gasteiger partial charge is 0.256 e. The number of carbonyl (C=O) groups is 4. The molecule has 8 nitrogen and oxygen atoms in total. The Bertz CT molecular complexity index is 961. The second kappa shape index (κ2) is 10.7. The van der Waals surface area contributed by atoms with Crippen LogP contribution in [0.5, 0.6) is 0 Å². The Labute approximate surface area is 186 Å². The summed E-state index contributed by atoms with van der Waals surface area (Å²) in [6.07, 6.45) is 1.99. The predicted octanol–water partition coefficient (Wildman–Crippen LogP) is 1.78. The van der Waals surface area contributed by atoms with E-state index in [-0.39, 0.29) is 17.4 Å². The van der Waals surface area contributed by atoms with Gasteiger partial charge in [-0.1, -0.05) is 55.1 Å². The fourth-order valence-corrected chi connectivity index (χ4v) is 5.20. The van der Waals surface area contributed by atoms with Crippen molar-refractivity contribution in [2.75, 3.05) is 12.3 Å². The van der Waals surface area contributed by atoms with E-state index in [9.17, 15) is 27.6 Å². The maximum Gasteiger partial charge on any atom is 0.256 e. The molecule has 1 aliphatic heterocycles. The van der Waals surface area contributed by atoms with Gasteiger partial charge in [0.05, 0.1) is 16.9 Å². The predicted molar refractivity (Wildman–Crippen MR) is 119 cm³/mol. The number of carbonyl (C=O) groups excluding carboxylic acids is 4. The second-order valence-electron chi connectivity index (χ2n) is 7.28. The number of sulfonamides is 1. The summed E-state index contributed by atoms with van der Waals surface area (Å²) in [5.41, 5.74) is 0.382. The number of nitrogens with one attached hydrogen (secondary N) is 1. The van der Waals surface area contributed by atoms with Crippen LogP contribution in [0.3, 0.4) is 0 Å². The zero-order chi connectivity index (χ0) is 23.2. The van der Waals surface area contributed by atoms with Gasteiger partial charge in [0.1, 0.15) is 6.04 Å². The fraction of sp³-hybridized carbons (Fsp3) is 0.429. The van der Waals surface area contributed by atoms with Gasteiger partial charge in [0, 0.05) is 19.0 Å². The maximum atomic E-state index is 13.2. The van der Waals surface area contributed by atoms with Gasteiger partial charge in [-0.15, -0.1) is 6.58 Å². The van der Waals surface area contributed by atoms with Crippen LogP contribution < -0.4 is 4.72 Å². The lowest BCUT2D eigenvalue weighted by Crippen LogP contribution is -2.50. The highest BCUT2D eigenvalue weighted by molar-refractivity contribution is 8.14. The zero-order valence-corrected chi connectivity index (χ0v) is 19.1. The van der Waals surface area contributed by atoms with Crippen LogP contribution in [0.2, 0.25) is 0 Å². The SMILES string of the molecule is C=CCS(=O)(=O)NC(=O)[C@@H]1CCCN1C(=O)[C@H](C)C(SC(C)=O)C(=O)c1ccccc1. The number of hydrogen-bond donors (Lipinski definition) is 1. The molecule has 1 unspecified atom stereocenters. The first kappa shape index (κ1) is 24.8. The van der Waals surface area contributed by atoms with E-state index >= 15 is 0 Å². The Morgan fingerprint density at radius 3 is 2.48 bits per heavy atom. The minimum atomic E-state index is -3.88. The van der Waals surface area contributed by atoms with Crippen LogP contribution in [0.1, 0.15) is 37.0 Å². The summed E-state index contributed by atoms with van der Waals surface area (Å²) in [5.74, 6) is -2.92. The van der Waals surface area contributed by atoms with Gasteiger partial charge in [0.25, 0.3) is 5.91 Å². The first-order valence-corrected chi connectivity index (χ1v) is 12.3. The van der Waals surface area contributed by atoms with E-state index < -0.39 is 44.8 Å². The van der Waals surface area contributed by atoms with Crippen LogP contribution in [0.25, 0.3) is 0 Å². The number of ketones is 1. The lowest BCUT2D eigenvalue weighted by Gasteiger charge is -2.29. The molecular formula is C21H26N2O6S2. The Kier molecular flexibility index (Phi) is 8.58. The van der Waals surface area contributed by atoms with Gasteiger partial charge in [-0.05, 0) is 12.8 Å². The highest BCUT2D eigenvalue weighted by Gasteiger charge is 2.41. The third-order valence-corrected chi connectivity index (χ3v) is 7.28. The van der Waals surface area contributed by atoms with Crippen molar-refractivity contribution < 1.29 is 27.6 Å². The molecule has 10 heteroatoms. The standard InChI is InChI=1S/C21H26N2O6S2/c1-4-13-31(28,29)22-20(26)17-11-8-12-23(17)21(27)14(2)19(30-15(3)24)18(25)16-9-6-5-7-10-16/h4-7,9-10,14,17,19H,1,8,11-13H2,2-3H3,(H,22,26)/t14-,17+,19?/m1/s1. The van der Waals surface area contributed by atoms with Gasteiger partial charge in [0.2, 0.25) is 15.9 Å².